The van der Waals surface area contributed by atoms with Crippen LogP contribution in [0.3, 0.4) is 0 Å². The summed E-state index contributed by atoms with van der Waals surface area (Å²) in [7, 11) is 0. The Bertz CT molecular complexity index is 739. The lowest BCUT2D eigenvalue weighted by Crippen LogP contribution is -2.22. The van der Waals surface area contributed by atoms with Crippen LogP contribution >= 0.6 is 11.6 Å². The molecule has 9 heteroatoms. The molecule has 0 amide bonds. The van der Waals surface area contributed by atoms with E-state index >= 15 is 0 Å². The number of halogens is 1. The summed E-state index contributed by atoms with van der Waals surface area (Å²) >= 11 is 5.93. The van der Waals surface area contributed by atoms with Crippen LogP contribution in [-0.2, 0) is 6.54 Å². The highest BCUT2D eigenvalue weighted by Gasteiger charge is 2.09. The molecule has 0 saturated heterocycles. The highest BCUT2D eigenvalue weighted by atomic mass is 35.5. The molecule has 0 saturated carbocycles. The molecule has 0 radical (unpaired) electrons. The number of aromatic amines is 2. The summed E-state index contributed by atoms with van der Waals surface area (Å²) in [5.41, 5.74) is -0.820. The SMILES string of the molecule is O=c1cc(NCc2cc([N+](=O)[O-])ccc2Cl)[nH]c(=O)[nH]1. The van der Waals surface area contributed by atoms with Crippen LogP contribution in [0, 0.1) is 10.1 Å². The van der Waals surface area contributed by atoms with Crippen molar-refractivity contribution in [1.29, 1.82) is 0 Å². The van der Waals surface area contributed by atoms with Gasteiger partial charge in [0.15, 0.2) is 0 Å². The number of rotatable bonds is 4. The summed E-state index contributed by atoms with van der Waals surface area (Å²) in [5.74, 6) is 0.196. The average molecular weight is 297 g/mol. The molecule has 2 aromatic rings. The summed E-state index contributed by atoms with van der Waals surface area (Å²) in [6.45, 7) is 0.125. The standard InChI is InChI=1S/C11H9ClN4O4/c12-8-2-1-7(16(19)20)3-6(8)5-13-9-4-10(17)15-11(18)14-9/h1-4H,5H2,(H3,13,14,15,17,18). The van der Waals surface area contributed by atoms with Crippen LogP contribution in [0.4, 0.5) is 11.5 Å². The van der Waals surface area contributed by atoms with E-state index in [4.69, 9.17) is 11.6 Å². The monoisotopic (exact) mass is 296 g/mol. The van der Waals surface area contributed by atoms with Crippen molar-refractivity contribution in [2.75, 3.05) is 5.32 Å². The first-order valence-corrected chi connectivity index (χ1v) is 5.84. The van der Waals surface area contributed by atoms with Gasteiger partial charge in [-0.15, -0.1) is 0 Å². The van der Waals surface area contributed by atoms with Gasteiger partial charge in [-0.1, -0.05) is 11.6 Å². The fraction of sp³-hybridized carbons (Fsp3) is 0.0909. The van der Waals surface area contributed by atoms with E-state index in [9.17, 15) is 19.7 Å². The zero-order valence-corrected chi connectivity index (χ0v) is 10.7. The summed E-state index contributed by atoms with van der Waals surface area (Å²) < 4.78 is 0. The number of benzene rings is 1. The molecular weight excluding hydrogens is 288 g/mol. The fourth-order valence-electron chi connectivity index (χ4n) is 1.56. The number of hydrogen-bond donors (Lipinski definition) is 3. The van der Waals surface area contributed by atoms with Crippen LogP contribution in [0.25, 0.3) is 0 Å². The Balaban J connectivity index is 2.22. The van der Waals surface area contributed by atoms with E-state index in [2.05, 4.69) is 10.3 Å². The molecule has 0 bridgehead atoms. The number of non-ortho nitro benzene ring substituents is 1. The molecule has 0 aliphatic heterocycles. The van der Waals surface area contributed by atoms with Crippen LogP contribution in [0.5, 0.6) is 0 Å². The van der Waals surface area contributed by atoms with Gasteiger partial charge < -0.3 is 5.32 Å². The molecule has 0 spiro atoms. The van der Waals surface area contributed by atoms with Crippen molar-refractivity contribution >= 4 is 23.1 Å². The van der Waals surface area contributed by atoms with Crippen molar-refractivity contribution in [2.24, 2.45) is 0 Å². The average Bonchev–Trinajstić information content (AvgIpc) is 2.36. The molecule has 2 rings (SSSR count). The van der Waals surface area contributed by atoms with Gasteiger partial charge in [0.05, 0.1) is 4.92 Å². The number of nitrogens with zero attached hydrogens (tertiary/aromatic N) is 1. The van der Waals surface area contributed by atoms with Gasteiger partial charge in [0.2, 0.25) is 0 Å². The smallest absolute Gasteiger partial charge is 0.327 e. The predicted molar refractivity (Wildman–Crippen MR) is 73.1 cm³/mol. The minimum Gasteiger partial charge on any atom is -0.367 e. The van der Waals surface area contributed by atoms with Crippen LogP contribution < -0.4 is 16.6 Å². The number of aromatic nitrogens is 2. The largest absolute Gasteiger partial charge is 0.367 e. The van der Waals surface area contributed by atoms with Gasteiger partial charge in [-0.25, -0.2) is 4.79 Å². The molecular formula is C11H9ClN4O4. The minimum atomic E-state index is -0.648. The van der Waals surface area contributed by atoms with Gasteiger partial charge in [0.25, 0.3) is 11.2 Å². The van der Waals surface area contributed by atoms with E-state index in [-0.39, 0.29) is 18.1 Å². The molecule has 0 aliphatic rings. The molecule has 1 heterocycles. The molecule has 0 aliphatic carbocycles. The third kappa shape index (κ3) is 3.23. The number of nitrogens with one attached hydrogen (secondary N) is 3. The van der Waals surface area contributed by atoms with E-state index in [1.807, 2.05) is 4.98 Å². The van der Waals surface area contributed by atoms with E-state index in [0.717, 1.165) is 6.07 Å². The zero-order valence-electron chi connectivity index (χ0n) is 9.97. The van der Waals surface area contributed by atoms with Gasteiger partial charge in [-0.05, 0) is 11.6 Å². The molecule has 20 heavy (non-hydrogen) atoms. The Morgan fingerprint density at radius 1 is 1.25 bits per heavy atom. The van der Waals surface area contributed by atoms with Crippen molar-refractivity contribution in [1.82, 2.24) is 9.97 Å². The fourth-order valence-corrected chi connectivity index (χ4v) is 1.75. The zero-order chi connectivity index (χ0) is 14.7. The van der Waals surface area contributed by atoms with Crippen molar-refractivity contribution < 1.29 is 4.92 Å². The van der Waals surface area contributed by atoms with Gasteiger partial charge in [-0.2, -0.15) is 0 Å². The number of anilines is 1. The second-order valence-electron chi connectivity index (χ2n) is 3.89. The molecule has 1 aromatic heterocycles. The van der Waals surface area contributed by atoms with Gasteiger partial charge in [-0.3, -0.25) is 24.9 Å². The topological polar surface area (TPSA) is 121 Å². The first-order valence-electron chi connectivity index (χ1n) is 5.46. The Hall–Kier alpha value is -2.61. The van der Waals surface area contributed by atoms with E-state index in [1.165, 1.54) is 18.2 Å². The quantitative estimate of drug-likeness (QED) is 0.579. The van der Waals surface area contributed by atoms with Crippen LogP contribution in [0.1, 0.15) is 5.56 Å². The second kappa shape index (κ2) is 5.57. The molecule has 0 unspecified atom stereocenters. The van der Waals surface area contributed by atoms with Gasteiger partial charge in [0, 0.05) is 29.8 Å². The first-order chi connectivity index (χ1) is 9.45. The molecule has 0 fully saturated rings. The number of nitro groups is 1. The summed E-state index contributed by atoms with van der Waals surface area (Å²) in [6.07, 6.45) is 0. The van der Waals surface area contributed by atoms with E-state index in [0.29, 0.717) is 10.6 Å². The Morgan fingerprint density at radius 2 is 2.00 bits per heavy atom. The third-order valence-corrected chi connectivity index (χ3v) is 2.84. The molecule has 0 atom stereocenters. The van der Waals surface area contributed by atoms with Gasteiger partial charge >= 0.3 is 5.69 Å². The number of H-pyrrole nitrogens is 2. The maximum Gasteiger partial charge on any atom is 0.327 e. The van der Waals surface area contributed by atoms with Crippen molar-refractivity contribution in [2.45, 2.75) is 6.54 Å². The number of nitro benzene ring substituents is 1. The molecule has 8 nitrogen and oxygen atoms in total. The van der Waals surface area contributed by atoms with Gasteiger partial charge in [0.1, 0.15) is 5.82 Å². The Kier molecular flexibility index (Phi) is 3.85. The van der Waals surface area contributed by atoms with E-state index < -0.39 is 16.2 Å². The maximum absolute atomic E-state index is 11.1. The van der Waals surface area contributed by atoms with Crippen molar-refractivity contribution in [3.8, 4) is 0 Å². The first kappa shape index (κ1) is 13.8. The lowest BCUT2D eigenvalue weighted by molar-refractivity contribution is -0.384. The molecule has 1 aromatic carbocycles. The summed E-state index contributed by atoms with van der Waals surface area (Å²) in [4.78, 5) is 36.7. The lowest BCUT2D eigenvalue weighted by atomic mass is 10.2. The van der Waals surface area contributed by atoms with Crippen LogP contribution in [0.2, 0.25) is 5.02 Å². The van der Waals surface area contributed by atoms with E-state index in [1.54, 1.807) is 0 Å². The highest BCUT2D eigenvalue weighted by Crippen LogP contribution is 2.22. The van der Waals surface area contributed by atoms with Crippen LogP contribution in [0.15, 0.2) is 33.9 Å². The molecule has 3 N–H and O–H groups in total. The Labute approximate surface area is 116 Å². The highest BCUT2D eigenvalue weighted by molar-refractivity contribution is 6.31. The Morgan fingerprint density at radius 3 is 2.65 bits per heavy atom. The molecule has 104 valence electrons. The normalized spacial score (nSPS) is 10.2. The minimum absolute atomic E-state index is 0.0920. The maximum atomic E-state index is 11.1. The predicted octanol–water partition coefficient (Wildman–Crippen LogP) is 1.24. The summed E-state index contributed by atoms with van der Waals surface area (Å²) in [5, 5.41) is 13.8. The third-order valence-electron chi connectivity index (χ3n) is 2.47. The second-order valence-corrected chi connectivity index (χ2v) is 4.29. The van der Waals surface area contributed by atoms with Crippen molar-refractivity contribution in [3.63, 3.8) is 0 Å². The van der Waals surface area contributed by atoms with Crippen LogP contribution in [-0.4, -0.2) is 14.9 Å². The summed E-state index contributed by atoms with van der Waals surface area (Å²) in [6, 6.07) is 5.19. The lowest BCUT2D eigenvalue weighted by Gasteiger charge is -2.07. The van der Waals surface area contributed by atoms with Crippen molar-refractivity contribution in [3.05, 3.63) is 65.8 Å². The number of hydrogen-bond acceptors (Lipinski definition) is 5.